The van der Waals surface area contributed by atoms with E-state index in [0.717, 1.165) is 26.3 Å². The number of ether oxygens (including phenoxy) is 1. The fraction of sp³-hybridized carbons (Fsp3) is 0.636. The van der Waals surface area contributed by atoms with Crippen LogP contribution in [0, 0.1) is 5.92 Å². The minimum atomic E-state index is 0.683. The first-order valence-electron chi connectivity index (χ1n) is 5.10. The van der Waals surface area contributed by atoms with Crippen LogP contribution < -0.4 is 0 Å². The van der Waals surface area contributed by atoms with Crippen LogP contribution in [-0.2, 0) is 4.74 Å². The molecular formula is C11H17NO. The molecule has 1 fully saturated rings. The van der Waals surface area contributed by atoms with E-state index in [2.05, 4.69) is 29.2 Å². The Bertz CT molecular complexity index is 192. The standard InChI is InChI=1S/C11H17NO/c1-2-4-11(3-1)5-6-12-7-9-13-10-8-12/h1-4,11H,5-10H2. The zero-order valence-electron chi connectivity index (χ0n) is 7.98. The molecule has 0 radical (unpaired) electrons. The molecule has 1 saturated heterocycles. The number of allylic oxidation sites excluding steroid dienone is 4. The second-order valence-corrected chi connectivity index (χ2v) is 3.68. The third-order valence-electron chi connectivity index (χ3n) is 2.71. The second-order valence-electron chi connectivity index (χ2n) is 3.68. The maximum absolute atomic E-state index is 5.30. The van der Waals surface area contributed by atoms with Crippen LogP contribution in [-0.4, -0.2) is 37.7 Å². The van der Waals surface area contributed by atoms with Crippen LogP contribution in [0.25, 0.3) is 0 Å². The fourth-order valence-electron chi connectivity index (χ4n) is 1.83. The van der Waals surface area contributed by atoms with Gasteiger partial charge in [0, 0.05) is 13.1 Å². The van der Waals surface area contributed by atoms with Gasteiger partial charge >= 0.3 is 0 Å². The molecule has 0 aromatic heterocycles. The van der Waals surface area contributed by atoms with Gasteiger partial charge in [0.25, 0.3) is 0 Å². The minimum Gasteiger partial charge on any atom is -0.379 e. The first-order chi connectivity index (χ1) is 6.45. The van der Waals surface area contributed by atoms with Crippen molar-refractivity contribution < 1.29 is 4.74 Å². The highest BCUT2D eigenvalue weighted by Crippen LogP contribution is 2.13. The molecule has 2 aliphatic rings. The molecule has 0 amide bonds. The molecule has 2 nitrogen and oxygen atoms in total. The molecule has 1 heterocycles. The van der Waals surface area contributed by atoms with Gasteiger partial charge in [-0.1, -0.05) is 24.3 Å². The predicted molar refractivity (Wildman–Crippen MR) is 53.6 cm³/mol. The molecule has 0 saturated carbocycles. The summed E-state index contributed by atoms with van der Waals surface area (Å²) >= 11 is 0. The topological polar surface area (TPSA) is 12.5 Å². The Hall–Kier alpha value is -0.600. The predicted octanol–water partition coefficient (Wildman–Crippen LogP) is 1.45. The lowest BCUT2D eigenvalue weighted by molar-refractivity contribution is 0.0367. The second kappa shape index (κ2) is 4.58. The number of nitrogens with zero attached hydrogens (tertiary/aromatic N) is 1. The SMILES string of the molecule is C1=CC(CCN2CCOCC2)C=C1. The van der Waals surface area contributed by atoms with Crippen molar-refractivity contribution in [3.8, 4) is 0 Å². The van der Waals surface area contributed by atoms with E-state index in [1.54, 1.807) is 0 Å². The molecule has 0 bridgehead atoms. The zero-order chi connectivity index (χ0) is 8.93. The fourth-order valence-corrected chi connectivity index (χ4v) is 1.83. The number of hydrogen-bond acceptors (Lipinski definition) is 2. The van der Waals surface area contributed by atoms with Crippen LogP contribution in [0.5, 0.6) is 0 Å². The van der Waals surface area contributed by atoms with Gasteiger partial charge in [-0.05, 0) is 18.9 Å². The molecule has 1 aliphatic heterocycles. The van der Waals surface area contributed by atoms with Gasteiger partial charge in [-0.15, -0.1) is 0 Å². The van der Waals surface area contributed by atoms with Gasteiger partial charge in [-0.2, -0.15) is 0 Å². The molecule has 0 N–H and O–H groups in total. The van der Waals surface area contributed by atoms with Crippen molar-refractivity contribution in [2.45, 2.75) is 6.42 Å². The van der Waals surface area contributed by atoms with Gasteiger partial charge in [0.05, 0.1) is 13.2 Å². The summed E-state index contributed by atoms with van der Waals surface area (Å²) in [5.74, 6) is 0.683. The highest BCUT2D eigenvalue weighted by molar-refractivity contribution is 5.17. The summed E-state index contributed by atoms with van der Waals surface area (Å²) in [7, 11) is 0. The summed E-state index contributed by atoms with van der Waals surface area (Å²) in [5, 5.41) is 0. The molecule has 2 rings (SSSR count). The smallest absolute Gasteiger partial charge is 0.0594 e. The summed E-state index contributed by atoms with van der Waals surface area (Å²) in [4.78, 5) is 2.49. The van der Waals surface area contributed by atoms with E-state index in [1.165, 1.54) is 13.0 Å². The van der Waals surface area contributed by atoms with Crippen molar-refractivity contribution in [2.75, 3.05) is 32.8 Å². The summed E-state index contributed by atoms with van der Waals surface area (Å²) in [5.41, 5.74) is 0. The van der Waals surface area contributed by atoms with Gasteiger partial charge in [0.2, 0.25) is 0 Å². The summed E-state index contributed by atoms with van der Waals surface area (Å²) in [6.45, 7) is 5.26. The van der Waals surface area contributed by atoms with Crippen molar-refractivity contribution in [2.24, 2.45) is 5.92 Å². The number of hydrogen-bond donors (Lipinski definition) is 0. The molecule has 0 unspecified atom stereocenters. The zero-order valence-corrected chi connectivity index (χ0v) is 7.98. The Balaban J connectivity index is 1.66. The van der Waals surface area contributed by atoms with Crippen LogP contribution >= 0.6 is 0 Å². The van der Waals surface area contributed by atoms with Crippen LogP contribution in [0.15, 0.2) is 24.3 Å². The number of morpholine rings is 1. The first kappa shape index (κ1) is 8.97. The van der Waals surface area contributed by atoms with Gasteiger partial charge < -0.3 is 4.74 Å². The lowest BCUT2D eigenvalue weighted by Crippen LogP contribution is -2.37. The maximum atomic E-state index is 5.30. The Morgan fingerprint density at radius 3 is 2.54 bits per heavy atom. The van der Waals surface area contributed by atoms with Crippen molar-refractivity contribution in [1.29, 1.82) is 0 Å². The molecule has 0 aromatic rings. The van der Waals surface area contributed by atoms with Crippen molar-refractivity contribution in [3.63, 3.8) is 0 Å². The minimum absolute atomic E-state index is 0.683. The maximum Gasteiger partial charge on any atom is 0.0594 e. The van der Waals surface area contributed by atoms with Crippen molar-refractivity contribution in [3.05, 3.63) is 24.3 Å². The molecule has 2 heteroatoms. The number of rotatable bonds is 3. The van der Waals surface area contributed by atoms with Gasteiger partial charge in [-0.25, -0.2) is 0 Å². The van der Waals surface area contributed by atoms with E-state index in [0.29, 0.717) is 5.92 Å². The summed E-state index contributed by atoms with van der Waals surface area (Å²) in [6, 6.07) is 0. The monoisotopic (exact) mass is 179 g/mol. The van der Waals surface area contributed by atoms with Crippen molar-refractivity contribution >= 4 is 0 Å². The van der Waals surface area contributed by atoms with Gasteiger partial charge in [0.15, 0.2) is 0 Å². The summed E-state index contributed by atoms with van der Waals surface area (Å²) in [6.07, 6.45) is 10.1. The Morgan fingerprint density at radius 1 is 1.15 bits per heavy atom. The Labute approximate surface area is 79.9 Å². The van der Waals surface area contributed by atoms with Crippen LogP contribution in [0.2, 0.25) is 0 Å². The van der Waals surface area contributed by atoms with E-state index < -0.39 is 0 Å². The average Bonchev–Trinajstić information content (AvgIpc) is 2.69. The van der Waals surface area contributed by atoms with Crippen LogP contribution in [0.1, 0.15) is 6.42 Å². The Kier molecular flexibility index (Phi) is 3.16. The molecule has 0 aromatic carbocycles. The van der Waals surface area contributed by atoms with Crippen LogP contribution in [0.3, 0.4) is 0 Å². The lowest BCUT2D eigenvalue weighted by atomic mass is 10.1. The summed E-state index contributed by atoms with van der Waals surface area (Å²) < 4.78 is 5.30. The third-order valence-corrected chi connectivity index (χ3v) is 2.71. The first-order valence-corrected chi connectivity index (χ1v) is 5.10. The van der Waals surface area contributed by atoms with Gasteiger partial charge in [0.1, 0.15) is 0 Å². The third kappa shape index (κ3) is 2.68. The van der Waals surface area contributed by atoms with E-state index in [-0.39, 0.29) is 0 Å². The van der Waals surface area contributed by atoms with E-state index >= 15 is 0 Å². The normalized spacial score (nSPS) is 24.3. The van der Waals surface area contributed by atoms with Crippen LogP contribution in [0.4, 0.5) is 0 Å². The average molecular weight is 179 g/mol. The lowest BCUT2D eigenvalue weighted by Gasteiger charge is -2.27. The largest absolute Gasteiger partial charge is 0.379 e. The molecule has 13 heavy (non-hydrogen) atoms. The molecule has 1 aliphatic carbocycles. The van der Waals surface area contributed by atoms with E-state index in [4.69, 9.17) is 4.74 Å². The molecular weight excluding hydrogens is 162 g/mol. The highest BCUT2D eigenvalue weighted by atomic mass is 16.5. The highest BCUT2D eigenvalue weighted by Gasteiger charge is 2.11. The molecule has 0 atom stereocenters. The Morgan fingerprint density at radius 2 is 1.85 bits per heavy atom. The van der Waals surface area contributed by atoms with E-state index in [9.17, 15) is 0 Å². The van der Waals surface area contributed by atoms with Gasteiger partial charge in [-0.3, -0.25) is 4.90 Å². The quantitative estimate of drug-likeness (QED) is 0.650. The van der Waals surface area contributed by atoms with E-state index in [1.807, 2.05) is 0 Å². The van der Waals surface area contributed by atoms with Crippen molar-refractivity contribution in [1.82, 2.24) is 4.90 Å². The molecule has 72 valence electrons. The molecule has 0 spiro atoms.